The van der Waals surface area contributed by atoms with E-state index in [1.165, 1.54) is 16.2 Å². The fraction of sp³-hybridized carbons (Fsp3) is 0.250. The van der Waals surface area contributed by atoms with Gasteiger partial charge < -0.3 is 15.4 Å². The number of hydrogen-bond donors (Lipinski definition) is 1. The molecule has 1 aromatic carbocycles. The lowest BCUT2D eigenvalue weighted by atomic mass is 9.59. The number of allylic oxidation sites excluding steroid dienone is 2. The fourth-order valence-corrected chi connectivity index (χ4v) is 6.11. The van der Waals surface area contributed by atoms with Crippen molar-refractivity contribution in [2.75, 3.05) is 13.1 Å². The summed E-state index contributed by atoms with van der Waals surface area (Å²) in [4.78, 5) is 15.2. The number of benzene rings is 1. The molecule has 2 aliphatic rings. The standard InChI is InChI=1S/C24H18BrN5O2S/c25-16-8-20(33-12-16)21-19-10-30(23(31)32-11-15-4-2-1-3-5-15)7-6-17(19)18(9-26)22(29)24(21,13-27)14-28/h1-6,8,12,19,21H,7,10-11,29H2/t19-,21+/m1/s1. The molecule has 4 rings (SSSR count). The van der Waals surface area contributed by atoms with E-state index in [1.807, 2.05) is 41.8 Å². The molecule has 0 unspecified atom stereocenters. The van der Waals surface area contributed by atoms with Crippen LogP contribution < -0.4 is 5.73 Å². The minimum Gasteiger partial charge on any atom is -0.445 e. The number of halogens is 1. The van der Waals surface area contributed by atoms with Gasteiger partial charge in [-0.3, -0.25) is 0 Å². The van der Waals surface area contributed by atoms with Crippen molar-refractivity contribution in [3.63, 3.8) is 0 Å². The first-order valence-corrected chi connectivity index (χ1v) is 11.7. The van der Waals surface area contributed by atoms with Gasteiger partial charge >= 0.3 is 6.09 Å². The molecule has 0 fully saturated rings. The van der Waals surface area contributed by atoms with Gasteiger partial charge in [-0.15, -0.1) is 11.3 Å². The summed E-state index contributed by atoms with van der Waals surface area (Å²) in [6.45, 7) is 0.573. The van der Waals surface area contributed by atoms with Gasteiger partial charge in [-0.1, -0.05) is 36.4 Å². The number of fused-ring (bicyclic) bond motifs is 1. The number of carbonyl (C=O) groups is 1. The highest BCUT2D eigenvalue weighted by Gasteiger charge is 2.55. The van der Waals surface area contributed by atoms with E-state index in [9.17, 15) is 20.6 Å². The third-order valence-corrected chi connectivity index (χ3v) is 7.80. The van der Waals surface area contributed by atoms with E-state index in [0.717, 1.165) is 14.9 Å². The molecule has 1 aromatic heterocycles. The molecule has 9 heteroatoms. The fourth-order valence-electron chi connectivity index (χ4n) is 4.44. The normalized spacial score (nSPS) is 21.2. The highest BCUT2D eigenvalue weighted by Crippen LogP contribution is 2.55. The molecule has 2 heterocycles. The van der Waals surface area contributed by atoms with Crippen molar-refractivity contribution in [1.82, 2.24) is 4.90 Å². The largest absolute Gasteiger partial charge is 0.445 e. The van der Waals surface area contributed by atoms with E-state index in [4.69, 9.17) is 10.5 Å². The summed E-state index contributed by atoms with van der Waals surface area (Å²) >= 11 is 4.84. The second-order valence-electron chi connectivity index (χ2n) is 7.79. The Bertz CT molecular complexity index is 1260. The molecule has 0 spiro atoms. The number of nitrogens with two attached hydrogens (primary N) is 1. The lowest BCUT2D eigenvalue weighted by Gasteiger charge is -2.44. The monoisotopic (exact) mass is 519 g/mol. The number of ether oxygens (including phenoxy) is 1. The Morgan fingerprint density at radius 2 is 2.00 bits per heavy atom. The highest BCUT2D eigenvalue weighted by atomic mass is 79.9. The lowest BCUT2D eigenvalue weighted by molar-refractivity contribution is 0.0900. The van der Waals surface area contributed by atoms with Crippen LogP contribution in [0.3, 0.4) is 0 Å². The summed E-state index contributed by atoms with van der Waals surface area (Å²) in [6, 6.07) is 17.5. The smallest absolute Gasteiger partial charge is 0.410 e. The van der Waals surface area contributed by atoms with E-state index in [2.05, 4.69) is 34.1 Å². The number of amides is 1. The Labute approximate surface area is 203 Å². The van der Waals surface area contributed by atoms with Gasteiger partial charge in [0.1, 0.15) is 12.7 Å². The topological polar surface area (TPSA) is 127 Å². The molecular weight excluding hydrogens is 502 g/mol. The quantitative estimate of drug-likeness (QED) is 0.632. The number of nitrogens with zero attached hydrogens (tertiary/aromatic N) is 4. The minimum absolute atomic E-state index is 0.0351. The maximum atomic E-state index is 12.8. The van der Waals surface area contributed by atoms with Crippen molar-refractivity contribution in [3.8, 4) is 18.2 Å². The van der Waals surface area contributed by atoms with Crippen LogP contribution in [0.25, 0.3) is 0 Å². The molecule has 7 nitrogen and oxygen atoms in total. The molecule has 0 saturated carbocycles. The average Bonchev–Trinajstić information content (AvgIpc) is 3.27. The average molecular weight is 520 g/mol. The molecule has 33 heavy (non-hydrogen) atoms. The van der Waals surface area contributed by atoms with Gasteiger partial charge in [-0.05, 0) is 33.1 Å². The number of thiophene rings is 1. The van der Waals surface area contributed by atoms with Gasteiger partial charge in [0.15, 0.2) is 5.41 Å². The third-order valence-electron chi connectivity index (χ3n) is 6.02. The molecule has 2 N–H and O–H groups in total. The van der Waals surface area contributed by atoms with Crippen molar-refractivity contribution in [2.24, 2.45) is 17.1 Å². The second kappa shape index (κ2) is 9.11. The predicted octanol–water partition coefficient (Wildman–Crippen LogP) is 4.57. The van der Waals surface area contributed by atoms with Crippen molar-refractivity contribution >= 4 is 33.4 Å². The van der Waals surface area contributed by atoms with Crippen molar-refractivity contribution < 1.29 is 9.53 Å². The number of rotatable bonds is 3. The Kier molecular flexibility index (Phi) is 6.24. The van der Waals surface area contributed by atoms with Gasteiger partial charge in [0.2, 0.25) is 0 Å². The van der Waals surface area contributed by atoms with Crippen LogP contribution >= 0.6 is 27.3 Å². The molecule has 0 bridgehead atoms. The second-order valence-corrected chi connectivity index (χ2v) is 9.65. The maximum Gasteiger partial charge on any atom is 0.410 e. The van der Waals surface area contributed by atoms with Gasteiger partial charge in [0, 0.05) is 39.7 Å². The third kappa shape index (κ3) is 3.89. The van der Waals surface area contributed by atoms with Crippen LogP contribution in [-0.2, 0) is 11.3 Å². The zero-order valence-corrected chi connectivity index (χ0v) is 19.8. The molecule has 1 aliphatic carbocycles. The number of nitriles is 3. The molecule has 164 valence electrons. The van der Waals surface area contributed by atoms with E-state index < -0.39 is 23.3 Å². The summed E-state index contributed by atoms with van der Waals surface area (Å²) in [6.07, 6.45) is 1.28. The first-order chi connectivity index (χ1) is 15.9. The zero-order chi connectivity index (χ0) is 23.6. The molecule has 2 atom stereocenters. The predicted molar refractivity (Wildman–Crippen MR) is 125 cm³/mol. The van der Waals surface area contributed by atoms with Crippen LogP contribution in [-0.4, -0.2) is 24.1 Å². The Morgan fingerprint density at radius 1 is 1.27 bits per heavy atom. The summed E-state index contributed by atoms with van der Waals surface area (Å²) in [5, 5.41) is 31.9. The van der Waals surface area contributed by atoms with Gasteiger partial charge in [0.05, 0.1) is 23.4 Å². The molecule has 2 aromatic rings. The zero-order valence-electron chi connectivity index (χ0n) is 17.4. The van der Waals surface area contributed by atoms with E-state index in [-0.39, 0.29) is 31.0 Å². The van der Waals surface area contributed by atoms with E-state index in [0.29, 0.717) is 5.57 Å². The number of carbonyl (C=O) groups excluding carboxylic acids is 1. The molecule has 1 aliphatic heterocycles. The maximum absolute atomic E-state index is 12.8. The first-order valence-electron chi connectivity index (χ1n) is 10.1. The Hall–Kier alpha value is -3.58. The lowest BCUT2D eigenvalue weighted by Crippen LogP contribution is -2.49. The summed E-state index contributed by atoms with van der Waals surface area (Å²) in [5.74, 6) is -1.10. The van der Waals surface area contributed by atoms with Crippen molar-refractivity contribution in [1.29, 1.82) is 15.8 Å². The Balaban J connectivity index is 1.71. The number of hydrogen-bond acceptors (Lipinski definition) is 7. The van der Waals surface area contributed by atoms with Crippen LogP contribution in [0.5, 0.6) is 0 Å². The van der Waals surface area contributed by atoms with Crippen LogP contribution in [0.4, 0.5) is 4.79 Å². The van der Waals surface area contributed by atoms with Crippen molar-refractivity contribution in [2.45, 2.75) is 12.5 Å². The molecule has 1 amide bonds. The van der Waals surface area contributed by atoms with E-state index in [1.54, 1.807) is 6.08 Å². The summed E-state index contributed by atoms with van der Waals surface area (Å²) in [7, 11) is 0. The van der Waals surface area contributed by atoms with Gasteiger partial charge in [0.25, 0.3) is 0 Å². The summed E-state index contributed by atoms with van der Waals surface area (Å²) in [5.41, 5.74) is 6.21. The van der Waals surface area contributed by atoms with E-state index >= 15 is 0 Å². The van der Waals surface area contributed by atoms with Crippen LogP contribution in [0.1, 0.15) is 16.4 Å². The Morgan fingerprint density at radius 3 is 2.61 bits per heavy atom. The summed E-state index contributed by atoms with van der Waals surface area (Å²) < 4.78 is 6.31. The molecule has 0 radical (unpaired) electrons. The molecular formula is C24H18BrN5O2S. The molecule has 0 saturated heterocycles. The SMILES string of the molecule is N#CC1=C(N)C(C#N)(C#N)[C@H](c2cc(Br)cs2)[C@@H]2CN(C(=O)OCc3ccccc3)CC=C12. The minimum atomic E-state index is -1.73. The van der Waals surface area contributed by atoms with Crippen LogP contribution in [0.15, 0.2) is 69.2 Å². The van der Waals surface area contributed by atoms with Crippen molar-refractivity contribution in [3.05, 3.63) is 79.6 Å². The first kappa shape index (κ1) is 22.6. The van der Waals surface area contributed by atoms with Gasteiger partial charge in [-0.2, -0.15) is 15.8 Å². The van der Waals surface area contributed by atoms with Crippen LogP contribution in [0.2, 0.25) is 0 Å². The highest BCUT2D eigenvalue weighted by molar-refractivity contribution is 9.10. The van der Waals surface area contributed by atoms with Gasteiger partial charge in [-0.25, -0.2) is 4.79 Å². The van der Waals surface area contributed by atoms with Crippen LogP contribution in [0, 0.1) is 45.3 Å².